The van der Waals surface area contributed by atoms with Crippen LogP contribution in [0, 0.1) is 23.3 Å². The number of nitriles is 1. The van der Waals surface area contributed by atoms with Crippen LogP contribution < -0.4 is 10.6 Å². The predicted molar refractivity (Wildman–Crippen MR) is 150 cm³/mol. The van der Waals surface area contributed by atoms with Crippen LogP contribution >= 0.6 is 11.6 Å². The Morgan fingerprint density at radius 2 is 2.08 bits per heavy atom. The summed E-state index contributed by atoms with van der Waals surface area (Å²) < 4.78 is 5.24. The number of rotatable bonds is 12. The zero-order chi connectivity index (χ0) is 26.5. The Balaban J connectivity index is 1.77. The molecule has 1 saturated heterocycles. The van der Waals surface area contributed by atoms with Gasteiger partial charge in [-0.05, 0) is 69.2 Å². The van der Waals surface area contributed by atoms with Crippen molar-refractivity contribution in [2.45, 2.75) is 82.3 Å². The van der Waals surface area contributed by atoms with Crippen molar-refractivity contribution in [3.8, 4) is 6.19 Å². The lowest BCUT2D eigenvalue weighted by Crippen LogP contribution is -2.54. The number of methoxy groups -OCH3 is 1. The summed E-state index contributed by atoms with van der Waals surface area (Å²) in [5, 5.41) is 29.3. The summed E-state index contributed by atoms with van der Waals surface area (Å²) in [5.74, 6) is 1.35. The van der Waals surface area contributed by atoms with Crippen LogP contribution in [0.3, 0.4) is 0 Å². The maximum absolute atomic E-state index is 12.2. The molecule has 8 heteroatoms. The zero-order valence-electron chi connectivity index (χ0n) is 22.7. The number of likely N-dealkylation sites (tertiary alicyclic amines) is 1. The largest absolute Gasteiger partial charge is 0.385 e. The Morgan fingerprint density at radius 3 is 2.78 bits per heavy atom. The van der Waals surface area contributed by atoms with Gasteiger partial charge in [-0.25, -0.2) is 0 Å². The smallest absolute Gasteiger partial charge is 0.210 e. The first-order valence-electron chi connectivity index (χ1n) is 14.1. The molecule has 1 aromatic carbocycles. The Bertz CT molecular complexity index is 885. The number of hydrogen-bond donors (Lipinski definition) is 3. The minimum absolute atomic E-state index is 0.00551. The van der Waals surface area contributed by atoms with Crippen molar-refractivity contribution in [1.29, 1.82) is 5.26 Å². The molecule has 1 aliphatic heterocycles. The molecule has 37 heavy (non-hydrogen) atoms. The lowest BCUT2D eigenvalue weighted by Gasteiger charge is -2.44. The second-order valence-electron chi connectivity index (χ2n) is 10.8. The minimum Gasteiger partial charge on any atom is -0.385 e. The van der Waals surface area contributed by atoms with E-state index in [0.717, 1.165) is 56.7 Å². The van der Waals surface area contributed by atoms with Crippen LogP contribution in [-0.4, -0.2) is 62.4 Å². The molecule has 1 aromatic rings. The number of unbranched alkanes of at least 4 members (excludes halogenated alkanes) is 1. The standard InChI is InChI=1S/C29H46ClN5O2/c1-32-20-27(18-23-10-4-3-5-11-23)34-28(33-22-31)35-16-9-13-25(21-35)29(36,15-6-7-17-37-2)24-12-8-14-26(30)19-24/h8,12,14,19,23,25,27,32,36H,3-7,9-11,13,15-18,20-21H2,1-2H3,(H,33,34)/t25-,27+,29-/m1/s1. The maximum Gasteiger partial charge on any atom is 0.210 e. The average molecular weight is 532 g/mol. The Labute approximate surface area is 228 Å². The summed E-state index contributed by atoms with van der Waals surface area (Å²) in [6.07, 6.45) is 13.9. The first-order chi connectivity index (χ1) is 18.0. The van der Waals surface area contributed by atoms with Crippen LogP contribution in [0.4, 0.5) is 0 Å². The Hall–Kier alpha value is -1.85. The lowest BCUT2D eigenvalue weighted by atomic mass is 9.74. The first kappa shape index (κ1) is 29.7. The highest BCUT2D eigenvalue weighted by Crippen LogP contribution is 2.40. The molecule has 3 atom stereocenters. The highest BCUT2D eigenvalue weighted by Gasteiger charge is 2.41. The SMILES string of the molecule is CNC[C@H](CC1CCCCC1)N/C(=N\C#N)N1CCC[C@@H]([C@@](O)(CCCCOC)c2cccc(Cl)c2)C1. The van der Waals surface area contributed by atoms with Gasteiger partial charge in [-0.2, -0.15) is 5.26 Å². The van der Waals surface area contributed by atoms with Gasteiger partial charge in [0.2, 0.25) is 12.2 Å². The third-order valence-corrected chi connectivity index (χ3v) is 8.39. The molecule has 1 aliphatic carbocycles. The van der Waals surface area contributed by atoms with Gasteiger partial charge in [0.25, 0.3) is 0 Å². The number of halogens is 1. The molecule has 1 heterocycles. The van der Waals surface area contributed by atoms with E-state index in [1.807, 2.05) is 37.5 Å². The van der Waals surface area contributed by atoms with Gasteiger partial charge >= 0.3 is 0 Å². The van der Waals surface area contributed by atoms with Crippen LogP contribution in [0.5, 0.6) is 0 Å². The van der Waals surface area contributed by atoms with Gasteiger partial charge in [-0.1, -0.05) is 55.8 Å². The molecule has 0 spiro atoms. The van der Waals surface area contributed by atoms with Crippen molar-refractivity contribution in [3.63, 3.8) is 0 Å². The van der Waals surface area contributed by atoms with Crippen LogP contribution in [0.2, 0.25) is 5.02 Å². The number of hydrogen-bond acceptors (Lipinski definition) is 5. The van der Waals surface area contributed by atoms with Crippen LogP contribution in [0.15, 0.2) is 29.3 Å². The monoisotopic (exact) mass is 531 g/mol. The van der Waals surface area contributed by atoms with Gasteiger partial charge in [-0.15, -0.1) is 4.99 Å². The van der Waals surface area contributed by atoms with Crippen LogP contribution in [0.25, 0.3) is 0 Å². The molecular weight excluding hydrogens is 486 g/mol. The molecule has 3 rings (SSSR count). The summed E-state index contributed by atoms with van der Waals surface area (Å²) in [6, 6.07) is 7.85. The number of likely N-dealkylation sites (N-methyl/N-ethyl adjacent to an activating group) is 1. The van der Waals surface area contributed by atoms with Crippen molar-refractivity contribution in [2.24, 2.45) is 16.8 Å². The highest BCUT2D eigenvalue weighted by atomic mass is 35.5. The fourth-order valence-corrected chi connectivity index (χ4v) is 6.42. The number of nitrogens with one attached hydrogen (secondary N) is 2. The maximum atomic E-state index is 12.2. The third-order valence-electron chi connectivity index (χ3n) is 8.16. The van der Waals surface area contributed by atoms with Gasteiger partial charge in [0.05, 0.1) is 5.60 Å². The summed E-state index contributed by atoms with van der Waals surface area (Å²) in [5.41, 5.74) is -0.150. The molecule has 0 bridgehead atoms. The van der Waals surface area contributed by atoms with Gasteiger partial charge in [-0.3, -0.25) is 0 Å². The summed E-state index contributed by atoms with van der Waals surface area (Å²) >= 11 is 6.35. The van der Waals surface area contributed by atoms with Gasteiger partial charge in [0, 0.05) is 50.3 Å². The normalized spacial score (nSPS) is 21.8. The van der Waals surface area contributed by atoms with Crippen molar-refractivity contribution >= 4 is 17.6 Å². The van der Waals surface area contributed by atoms with Crippen molar-refractivity contribution < 1.29 is 9.84 Å². The Kier molecular flexibility index (Phi) is 12.5. The van der Waals surface area contributed by atoms with Crippen LogP contribution in [-0.2, 0) is 10.3 Å². The lowest BCUT2D eigenvalue weighted by molar-refractivity contribution is -0.0543. The average Bonchev–Trinajstić information content (AvgIpc) is 2.91. The summed E-state index contributed by atoms with van der Waals surface area (Å²) in [7, 11) is 3.68. The van der Waals surface area contributed by atoms with E-state index in [0.29, 0.717) is 30.6 Å². The number of nitrogens with zero attached hydrogens (tertiary/aromatic N) is 3. The quantitative estimate of drug-likeness (QED) is 0.151. The summed E-state index contributed by atoms with van der Waals surface area (Å²) in [4.78, 5) is 6.42. The molecule has 0 aromatic heterocycles. The molecule has 0 radical (unpaired) electrons. The Morgan fingerprint density at radius 1 is 1.27 bits per heavy atom. The van der Waals surface area contributed by atoms with Crippen LogP contribution in [0.1, 0.15) is 76.2 Å². The van der Waals surface area contributed by atoms with Gasteiger partial charge < -0.3 is 25.4 Å². The van der Waals surface area contributed by atoms with E-state index < -0.39 is 5.60 Å². The first-order valence-corrected chi connectivity index (χ1v) is 14.5. The third kappa shape index (κ3) is 8.85. The van der Waals surface area contributed by atoms with E-state index in [9.17, 15) is 10.4 Å². The molecule has 2 aliphatic rings. The van der Waals surface area contributed by atoms with Gasteiger partial charge in [0.1, 0.15) is 0 Å². The van der Waals surface area contributed by atoms with E-state index in [1.165, 1.54) is 32.1 Å². The molecular formula is C29H46ClN5O2. The number of benzene rings is 1. The molecule has 0 amide bonds. The number of aliphatic imine (C=N–C) groups is 1. The van der Waals surface area contributed by atoms with Crippen molar-refractivity contribution in [2.75, 3.05) is 40.4 Å². The highest BCUT2D eigenvalue weighted by molar-refractivity contribution is 6.30. The van der Waals surface area contributed by atoms with E-state index in [4.69, 9.17) is 16.3 Å². The topological polar surface area (TPSA) is 92.9 Å². The molecule has 2 fully saturated rings. The molecule has 206 valence electrons. The van der Waals surface area contributed by atoms with E-state index >= 15 is 0 Å². The summed E-state index contributed by atoms with van der Waals surface area (Å²) in [6.45, 7) is 2.95. The minimum atomic E-state index is -1.01. The van der Waals surface area contributed by atoms with E-state index in [-0.39, 0.29) is 12.0 Å². The second-order valence-corrected chi connectivity index (χ2v) is 11.3. The number of aliphatic hydroxyl groups is 1. The fourth-order valence-electron chi connectivity index (χ4n) is 6.23. The molecule has 1 saturated carbocycles. The second kappa shape index (κ2) is 15.5. The fraction of sp³-hybridized carbons (Fsp3) is 0.724. The molecule has 0 unspecified atom stereocenters. The molecule has 3 N–H and O–H groups in total. The number of ether oxygens (including phenoxy) is 1. The zero-order valence-corrected chi connectivity index (χ0v) is 23.5. The molecule has 7 nitrogen and oxygen atoms in total. The van der Waals surface area contributed by atoms with E-state index in [2.05, 4.69) is 20.5 Å². The predicted octanol–water partition coefficient (Wildman–Crippen LogP) is 5.04. The van der Waals surface area contributed by atoms with Crippen molar-refractivity contribution in [3.05, 3.63) is 34.9 Å². The number of piperidine rings is 1. The van der Waals surface area contributed by atoms with Gasteiger partial charge in [0.15, 0.2) is 0 Å². The van der Waals surface area contributed by atoms with E-state index in [1.54, 1.807) is 7.11 Å². The van der Waals surface area contributed by atoms with Crippen molar-refractivity contribution in [1.82, 2.24) is 15.5 Å². The number of guanidine groups is 1.